The summed E-state index contributed by atoms with van der Waals surface area (Å²) < 4.78 is 0. The highest BCUT2D eigenvalue weighted by Gasteiger charge is 2.09. The van der Waals surface area contributed by atoms with Gasteiger partial charge in [-0.05, 0) is 12.1 Å². The second-order valence-corrected chi connectivity index (χ2v) is 5.79. The fraction of sp³-hybridized carbons (Fsp3) is 0. The summed E-state index contributed by atoms with van der Waals surface area (Å²) >= 11 is 0. The molecule has 0 aliphatic heterocycles. The number of para-hydroxylation sites is 1. The van der Waals surface area contributed by atoms with Crippen LogP contribution in [0.4, 0.5) is 0 Å². The van der Waals surface area contributed by atoms with E-state index in [1.807, 2.05) is 18.2 Å². The van der Waals surface area contributed by atoms with Gasteiger partial charge in [0.1, 0.15) is 0 Å². The van der Waals surface area contributed by atoms with Crippen LogP contribution >= 0.6 is 0 Å². The van der Waals surface area contributed by atoms with Gasteiger partial charge in [-0.2, -0.15) is 0 Å². The molecule has 0 spiro atoms. The topological polar surface area (TPSA) is 28.7 Å². The average Bonchev–Trinajstić information content (AvgIpc) is 3.01. The number of nitrogens with one attached hydrogen (secondary N) is 1. The standard InChI is InChI=1S/C21H14N2/c1-2-6-14(7-3-1)18-13-11-15-10-12-17-16-8-4-5-9-19(16)23-21(17)20(15)22-18/h1-13,23H. The molecule has 2 aromatic heterocycles. The fourth-order valence-corrected chi connectivity index (χ4v) is 3.27. The SMILES string of the molecule is c1ccc(-c2ccc3ccc4c5ccccc5[nH]c4c3n2)cc1. The second kappa shape index (κ2) is 4.68. The summed E-state index contributed by atoms with van der Waals surface area (Å²) in [5.74, 6) is 0. The van der Waals surface area contributed by atoms with Crippen molar-refractivity contribution in [2.45, 2.75) is 0 Å². The highest BCUT2D eigenvalue weighted by atomic mass is 14.8. The van der Waals surface area contributed by atoms with Crippen molar-refractivity contribution >= 4 is 32.7 Å². The zero-order valence-corrected chi connectivity index (χ0v) is 12.5. The lowest BCUT2D eigenvalue weighted by Gasteiger charge is -2.04. The van der Waals surface area contributed by atoms with Crippen LogP contribution in [-0.2, 0) is 0 Å². The van der Waals surface area contributed by atoms with E-state index >= 15 is 0 Å². The number of hydrogen-bond acceptors (Lipinski definition) is 1. The monoisotopic (exact) mass is 294 g/mol. The van der Waals surface area contributed by atoms with E-state index in [4.69, 9.17) is 4.98 Å². The maximum Gasteiger partial charge on any atom is 0.0950 e. The summed E-state index contributed by atoms with van der Waals surface area (Å²) in [5, 5.41) is 3.63. The van der Waals surface area contributed by atoms with E-state index in [1.54, 1.807) is 0 Å². The van der Waals surface area contributed by atoms with Crippen molar-refractivity contribution in [2.24, 2.45) is 0 Å². The van der Waals surface area contributed by atoms with Crippen molar-refractivity contribution in [1.29, 1.82) is 0 Å². The van der Waals surface area contributed by atoms with Crippen molar-refractivity contribution in [3.05, 3.63) is 78.9 Å². The van der Waals surface area contributed by atoms with Crippen LogP contribution in [0.1, 0.15) is 0 Å². The van der Waals surface area contributed by atoms with E-state index in [9.17, 15) is 0 Å². The summed E-state index contributed by atoms with van der Waals surface area (Å²) in [7, 11) is 0. The van der Waals surface area contributed by atoms with Crippen LogP contribution in [0.3, 0.4) is 0 Å². The number of aromatic nitrogens is 2. The Balaban J connectivity index is 1.88. The molecule has 0 unspecified atom stereocenters. The van der Waals surface area contributed by atoms with Gasteiger partial charge in [-0.1, -0.05) is 66.7 Å². The molecule has 0 bridgehead atoms. The molecule has 108 valence electrons. The number of nitrogens with zero attached hydrogens (tertiary/aromatic N) is 1. The molecule has 2 heteroatoms. The predicted molar refractivity (Wildman–Crippen MR) is 96.5 cm³/mol. The van der Waals surface area contributed by atoms with Crippen molar-refractivity contribution in [3.8, 4) is 11.3 Å². The molecule has 5 aromatic rings. The molecule has 2 heterocycles. The summed E-state index contributed by atoms with van der Waals surface area (Å²) in [6.07, 6.45) is 0. The molecular formula is C21H14N2. The largest absolute Gasteiger partial charge is 0.353 e. The van der Waals surface area contributed by atoms with Gasteiger partial charge in [-0.3, -0.25) is 0 Å². The average molecular weight is 294 g/mol. The minimum Gasteiger partial charge on any atom is -0.353 e. The number of H-pyrrole nitrogens is 1. The fourth-order valence-electron chi connectivity index (χ4n) is 3.27. The van der Waals surface area contributed by atoms with E-state index in [0.29, 0.717) is 0 Å². The normalized spacial score (nSPS) is 11.5. The Morgan fingerprint density at radius 1 is 0.652 bits per heavy atom. The zero-order chi connectivity index (χ0) is 15.2. The van der Waals surface area contributed by atoms with E-state index in [1.165, 1.54) is 10.8 Å². The van der Waals surface area contributed by atoms with Gasteiger partial charge in [0.05, 0.1) is 16.7 Å². The van der Waals surface area contributed by atoms with E-state index in [-0.39, 0.29) is 0 Å². The maximum absolute atomic E-state index is 4.94. The van der Waals surface area contributed by atoms with Crippen LogP contribution < -0.4 is 0 Å². The quantitative estimate of drug-likeness (QED) is 0.432. The third-order valence-electron chi connectivity index (χ3n) is 4.41. The number of fused-ring (bicyclic) bond motifs is 5. The second-order valence-electron chi connectivity index (χ2n) is 5.79. The summed E-state index contributed by atoms with van der Waals surface area (Å²) in [5.41, 5.74) is 5.44. The molecule has 0 fully saturated rings. The lowest BCUT2D eigenvalue weighted by Crippen LogP contribution is -1.86. The Labute approximate surface area is 133 Å². The van der Waals surface area contributed by atoms with Crippen molar-refractivity contribution in [1.82, 2.24) is 9.97 Å². The highest BCUT2D eigenvalue weighted by molar-refractivity contribution is 6.15. The molecule has 0 amide bonds. The van der Waals surface area contributed by atoms with Gasteiger partial charge in [-0.25, -0.2) is 4.98 Å². The number of rotatable bonds is 1. The van der Waals surface area contributed by atoms with Crippen LogP contribution in [-0.4, -0.2) is 9.97 Å². The van der Waals surface area contributed by atoms with Crippen LogP contribution in [0.2, 0.25) is 0 Å². The molecule has 0 aliphatic rings. The van der Waals surface area contributed by atoms with Gasteiger partial charge < -0.3 is 4.98 Å². The van der Waals surface area contributed by atoms with Gasteiger partial charge in [0, 0.05) is 27.2 Å². The maximum atomic E-state index is 4.94. The molecule has 23 heavy (non-hydrogen) atoms. The Kier molecular flexibility index (Phi) is 2.53. The molecule has 3 aromatic carbocycles. The van der Waals surface area contributed by atoms with Gasteiger partial charge >= 0.3 is 0 Å². The van der Waals surface area contributed by atoms with Gasteiger partial charge in [0.2, 0.25) is 0 Å². The Morgan fingerprint density at radius 3 is 2.35 bits per heavy atom. The Hall–Kier alpha value is -3.13. The first-order valence-electron chi connectivity index (χ1n) is 7.76. The number of pyridine rings is 1. The number of aromatic amines is 1. The minimum atomic E-state index is 1.00. The zero-order valence-electron chi connectivity index (χ0n) is 12.5. The van der Waals surface area contributed by atoms with Gasteiger partial charge in [-0.15, -0.1) is 0 Å². The van der Waals surface area contributed by atoms with Crippen molar-refractivity contribution < 1.29 is 0 Å². The summed E-state index contributed by atoms with van der Waals surface area (Å²) in [6, 6.07) is 27.3. The molecule has 0 saturated carbocycles. The van der Waals surface area contributed by atoms with Gasteiger partial charge in [0.15, 0.2) is 0 Å². The summed E-state index contributed by atoms with van der Waals surface area (Å²) in [6.45, 7) is 0. The van der Waals surface area contributed by atoms with Crippen LogP contribution in [0.25, 0.3) is 44.0 Å². The molecule has 5 rings (SSSR count). The minimum absolute atomic E-state index is 1.00. The van der Waals surface area contributed by atoms with Crippen LogP contribution in [0, 0.1) is 0 Å². The molecule has 0 saturated heterocycles. The first-order valence-corrected chi connectivity index (χ1v) is 7.76. The van der Waals surface area contributed by atoms with Crippen molar-refractivity contribution in [3.63, 3.8) is 0 Å². The lowest BCUT2D eigenvalue weighted by atomic mass is 10.1. The Bertz CT molecular complexity index is 1150. The van der Waals surface area contributed by atoms with E-state index < -0.39 is 0 Å². The predicted octanol–water partition coefficient (Wildman–Crippen LogP) is 5.54. The smallest absolute Gasteiger partial charge is 0.0950 e. The van der Waals surface area contributed by atoms with E-state index in [2.05, 4.69) is 65.6 Å². The number of hydrogen-bond donors (Lipinski definition) is 1. The third-order valence-corrected chi connectivity index (χ3v) is 4.41. The first-order chi connectivity index (χ1) is 11.4. The molecular weight excluding hydrogens is 280 g/mol. The third kappa shape index (κ3) is 1.85. The lowest BCUT2D eigenvalue weighted by molar-refractivity contribution is 1.40. The van der Waals surface area contributed by atoms with Crippen LogP contribution in [0.15, 0.2) is 78.9 Å². The van der Waals surface area contributed by atoms with E-state index in [0.717, 1.165) is 33.2 Å². The highest BCUT2D eigenvalue weighted by Crippen LogP contribution is 2.31. The number of benzene rings is 3. The molecule has 1 N–H and O–H groups in total. The van der Waals surface area contributed by atoms with Crippen molar-refractivity contribution in [2.75, 3.05) is 0 Å². The molecule has 0 atom stereocenters. The summed E-state index contributed by atoms with van der Waals surface area (Å²) in [4.78, 5) is 8.47. The molecule has 0 aliphatic carbocycles. The first kappa shape index (κ1) is 12.4. The Morgan fingerprint density at radius 2 is 1.43 bits per heavy atom. The van der Waals surface area contributed by atoms with Crippen LogP contribution in [0.5, 0.6) is 0 Å². The van der Waals surface area contributed by atoms with Gasteiger partial charge in [0.25, 0.3) is 0 Å². The molecule has 2 nitrogen and oxygen atoms in total. The molecule has 0 radical (unpaired) electrons.